The molecule has 3 aromatic rings. The van der Waals surface area contributed by atoms with Crippen molar-refractivity contribution in [2.75, 3.05) is 6.26 Å². The molecular formula is C31H47N2NaO2S. The van der Waals surface area contributed by atoms with Crippen LogP contribution in [0, 0.1) is 0 Å². The number of aromatic nitrogens is 2. The Morgan fingerprint density at radius 1 is 0.703 bits per heavy atom. The monoisotopic (exact) mass is 534 g/mol. The summed E-state index contributed by atoms with van der Waals surface area (Å²) in [7, 11) is 0. The van der Waals surface area contributed by atoms with Crippen LogP contribution in [-0.2, 0) is 17.5 Å². The van der Waals surface area contributed by atoms with Gasteiger partial charge in [-0.25, -0.2) is 4.98 Å². The van der Waals surface area contributed by atoms with Gasteiger partial charge in [0.25, 0.3) is 0 Å². The van der Waals surface area contributed by atoms with Gasteiger partial charge in [0.05, 0.1) is 11.0 Å². The van der Waals surface area contributed by atoms with Crippen LogP contribution in [0.3, 0.4) is 0 Å². The van der Waals surface area contributed by atoms with E-state index < -0.39 is 11.1 Å². The minimum Gasteiger partial charge on any atom is -0.773 e. The third-order valence-corrected chi connectivity index (χ3v) is 6.65. The first kappa shape index (κ1) is 34.0. The van der Waals surface area contributed by atoms with E-state index in [4.69, 9.17) is 13.7 Å². The molecule has 1 unspecified atom stereocenters. The van der Waals surface area contributed by atoms with Crippen LogP contribution in [0.2, 0.25) is 0 Å². The topological polar surface area (TPSA) is 58.0 Å². The molecule has 2 aromatic carbocycles. The second kappa shape index (κ2) is 21.9. The molecule has 1 heterocycles. The molecule has 0 aliphatic heterocycles. The fraction of sp³-hybridized carbons (Fsp3) is 0.581. The zero-order valence-corrected chi connectivity index (χ0v) is 26.4. The Balaban J connectivity index is 0.00000127. The maximum Gasteiger partial charge on any atom is 1.00 e. The van der Waals surface area contributed by atoms with E-state index in [0.717, 1.165) is 18.2 Å². The van der Waals surface area contributed by atoms with Crippen molar-refractivity contribution in [1.29, 1.82) is 0 Å². The van der Waals surface area contributed by atoms with Crippen molar-refractivity contribution in [3.63, 3.8) is 0 Å². The number of unbranched alkanes of at least 4 members (excludes halogenated alkanes) is 14. The summed E-state index contributed by atoms with van der Waals surface area (Å²) < 4.78 is 20.3. The number of fused-ring (bicyclic) bond motifs is 1. The number of aryl methyl sites for hydroxylation is 1. The van der Waals surface area contributed by atoms with Crippen LogP contribution < -0.4 is 29.6 Å². The normalized spacial score (nSPS) is 11.5. The van der Waals surface area contributed by atoms with Crippen LogP contribution in [0.5, 0.6) is 0 Å². The molecule has 6 heteroatoms. The van der Waals surface area contributed by atoms with E-state index in [1.54, 1.807) is 0 Å². The van der Waals surface area contributed by atoms with Gasteiger partial charge in [0, 0.05) is 12.1 Å². The Hall–Kier alpha value is -0.980. The van der Waals surface area contributed by atoms with Gasteiger partial charge in [-0.3, -0.25) is 8.78 Å². The van der Waals surface area contributed by atoms with E-state index >= 15 is 0 Å². The van der Waals surface area contributed by atoms with Gasteiger partial charge in [0.1, 0.15) is 5.82 Å². The molecule has 200 valence electrons. The maximum absolute atomic E-state index is 9.00. The van der Waals surface area contributed by atoms with Crippen molar-refractivity contribution in [1.82, 2.24) is 9.55 Å². The summed E-state index contributed by atoms with van der Waals surface area (Å²) in [6, 6.07) is 19.2. The van der Waals surface area contributed by atoms with Gasteiger partial charge >= 0.3 is 29.6 Å². The molecule has 0 aliphatic rings. The van der Waals surface area contributed by atoms with Gasteiger partial charge in [-0.1, -0.05) is 138 Å². The van der Waals surface area contributed by atoms with E-state index in [-0.39, 0.29) is 29.6 Å². The summed E-state index contributed by atoms with van der Waals surface area (Å²) >= 11 is -1.86. The molecule has 0 radical (unpaired) electrons. The van der Waals surface area contributed by atoms with Crippen molar-refractivity contribution < 1.29 is 38.3 Å². The average molecular weight is 535 g/mol. The summed E-state index contributed by atoms with van der Waals surface area (Å²) in [5.41, 5.74) is 3.54. The maximum atomic E-state index is 9.00. The first-order chi connectivity index (χ1) is 17.6. The van der Waals surface area contributed by atoms with Crippen LogP contribution in [0.1, 0.15) is 109 Å². The SMILES string of the molecule is CCCCCCCCCCCCCCCCCc1nc2ccccc2n1-c1ccccc1.CS(=O)[O-].[Na+]. The molecule has 0 bridgehead atoms. The van der Waals surface area contributed by atoms with Gasteiger partial charge < -0.3 is 4.55 Å². The number of rotatable bonds is 17. The van der Waals surface area contributed by atoms with Gasteiger partial charge in [-0.2, -0.15) is 0 Å². The number of hydrogen-bond donors (Lipinski definition) is 0. The summed E-state index contributed by atoms with van der Waals surface area (Å²) in [5, 5.41) is 0. The molecule has 1 aromatic heterocycles. The second-order valence-electron chi connectivity index (χ2n) is 9.79. The Morgan fingerprint density at radius 3 is 1.65 bits per heavy atom. The number of imidazole rings is 1. The molecule has 0 fully saturated rings. The zero-order valence-electron chi connectivity index (χ0n) is 23.6. The molecule has 0 N–H and O–H groups in total. The first-order valence-electron chi connectivity index (χ1n) is 14.2. The minimum absolute atomic E-state index is 0. The van der Waals surface area contributed by atoms with E-state index in [9.17, 15) is 0 Å². The van der Waals surface area contributed by atoms with Gasteiger partial charge in [0.2, 0.25) is 0 Å². The Bertz CT molecular complexity index is 974. The van der Waals surface area contributed by atoms with Crippen molar-refractivity contribution in [2.45, 2.75) is 110 Å². The van der Waals surface area contributed by atoms with Crippen LogP contribution in [0.25, 0.3) is 16.7 Å². The van der Waals surface area contributed by atoms with E-state index in [0.29, 0.717) is 0 Å². The number of benzene rings is 2. The largest absolute Gasteiger partial charge is 1.00 e. The number of hydrogen-bond acceptors (Lipinski definition) is 3. The number of nitrogens with zero attached hydrogens (tertiary/aromatic N) is 2. The molecule has 0 saturated heterocycles. The molecule has 0 saturated carbocycles. The molecular weight excluding hydrogens is 487 g/mol. The summed E-state index contributed by atoms with van der Waals surface area (Å²) in [5.74, 6) is 1.20. The van der Waals surface area contributed by atoms with Gasteiger partial charge in [-0.05, 0) is 36.9 Å². The quantitative estimate of drug-likeness (QED) is 0.122. The minimum atomic E-state index is -1.86. The van der Waals surface area contributed by atoms with Crippen LogP contribution in [0.15, 0.2) is 54.6 Å². The number of para-hydroxylation sites is 3. The smallest absolute Gasteiger partial charge is 0.773 e. The Labute approximate surface area is 250 Å². The van der Waals surface area contributed by atoms with Crippen LogP contribution in [-0.4, -0.2) is 24.6 Å². The van der Waals surface area contributed by atoms with E-state index in [1.807, 2.05) is 0 Å². The third-order valence-electron chi connectivity index (χ3n) is 6.65. The molecule has 0 spiro atoms. The summed E-state index contributed by atoms with van der Waals surface area (Å²) in [6.07, 6.45) is 23.2. The fourth-order valence-corrected chi connectivity index (χ4v) is 4.76. The molecule has 0 aliphatic carbocycles. The third kappa shape index (κ3) is 14.7. The average Bonchev–Trinajstić information content (AvgIpc) is 3.25. The standard InChI is InChI=1S/C30H44N2.CH4O2S.Na/c1-2-3-4-5-6-7-8-9-10-11-12-13-14-15-19-26-30-31-28-24-20-21-25-29(28)32(30)27-22-17-16-18-23-27;1-4(2)3;/h16-18,20-25H,2-15,19,26H2,1H3;1H3,(H,2,3);/q;;+1/p-1. The Morgan fingerprint density at radius 2 is 1.14 bits per heavy atom. The Kier molecular flexibility index (Phi) is 20.2. The molecule has 37 heavy (non-hydrogen) atoms. The van der Waals surface area contributed by atoms with Gasteiger partial charge in [0.15, 0.2) is 0 Å². The van der Waals surface area contributed by atoms with E-state index in [1.165, 1.54) is 113 Å². The second-order valence-corrected chi connectivity index (χ2v) is 10.6. The molecule has 1 atom stereocenters. The van der Waals surface area contributed by atoms with Crippen LogP contribution in [0.4, 0.5) is 0 Å². The fourth-order valence-electron chi connectivity index (χ4n) is 4.76. The first-order valence-corrected chi connectivity index (χ1v) is 15.6. The van der Waals surface area contributed by atoms with Crippen LogP contribution >= 0.6 is 0 Å². The molecule has 0 amide bonds. The van der Waals surface area contributed by atoms with Crippen molar-refractivity contribution in [3.05, 3.63) is 60.4 Å². The van der Waals surface area contributed by atoms with Gasteiger partial charge in [-0.15, -0.1) is 0 Å². The van der Waals surface area contributed by atoms with Crippen molar-refractivity contribution in [3.8, 4) is 5.69 Å². The summed E-state index contributed by atoms with van der Waals surface area (Å²) in [4.78, 5) is 4.96. The molecule has 4 nitrogen and oxygen atoms in total. The summed E-state index contributed by atoms with van der Waals surface area (Å²) in [6.45, 7) is 2.29. The molecule has 3 rings (SSSR count). The predicted octanol–water partition coefficient (Wildman–Crippen LogP) is 5.94. The van der Waals surface area contributed by atoms with Crippen molar-refractivity contribution in [2.24, 2.45) is 0 Å². The van der Waals surface area contributed by atoms with E-state index in [2.05, 4.69) is 66.1 Å². The predicted molar refractivity (Wildman–Crippen MR) is 155 cm³/mol. The van der Waals surface area contributed by atoms with Crippen molar-refractivity contribution >= 4 is 22.1 Å². The zero-order chi connectivity index (χ0) is 25.8.